The third-order valence-corrected chi connectivity index (χ3v) is 7.96. The monoisotopic (exact) mass is 440 g/mol. The Balaban J connectivity index is 1.43. The molecule has 0 unspecified atom stereocenters. The largest absolute Gasteiger partial charge is 0.454 e. The summed E-state index contributed by atoms with van der Waals surface area (Å²) in [4.78, 5) is 4.60. The van der Waals surface area contributed by atoms with Crippen LogP contribution in [0.15, 0.2) is 40.4 Å². The Morgan fingerprint density at radius 1 is 1.11 bits per heavy atom. The molecule has 0 bridgehead atoms. The molecule has 1 aromatic heterocycles. The van der Waals surface area contributed by atoms with Gasteiger partial charge < -0.3 is 9.47 Å². The van der Waals surface area contributed by atoms with Crippen LogP contribution in [0.2, 0.25) is 5.02 Å². The first-order valence-corrected chi connectivity index (χ1v) is 12.0. The number of ether oxygens (including phenoxy) is 2. The summed E-state index contributed by atoms with van der Waals surface area (Å²) in [6, 6.07) is 7.14. The smallest absolute Gasteiger partial charge is 0.244 e. The number of hydrogen-bond donors (Lipinski definition) is 0. The van der Waals surface area contributed by atoms with Crippen LogP contribution >= 0.6 is 23.4 Å². The highest BCUT2D eigenvalue weighted by Crippen LogP contribution is 2.40. The zero-order valence-electron chi connectivity index (χ0n) is 15.3. The number of rotatable bonds is 5. The molecule has 150 valence electrons. The summed E-state index contributed by atoms with van der Waals surface area (Å²) < 4.78 is 37.9. The lowest BCUT2D eigenvalue weighted by atomic mass is 10.2. The quantitative estimate of drug-likeness (QED) is 0.645. The van der Waals surface area contributed by atoms with E-state index in [-0.39, 0.29) is 11.7 Å². The molecule has 0 radical (unpaired) electrons. The van der Waals surface area contributed by atoms with Crippen LogP contribution < -0.4 is 9.47 Å². The van der Waals surface area contributed by atoms with Gasteiger partial charge in [0.2, 0.25) is 16.8 Å². The minimum absolute atomic E-state index is 0.181. The SMILES string of the molecule is O=S(=O)(c1ccc(SCc2cc(Cl)c3c(c2)OCO3)nc1)N1CCCCCC1. The van der Waals surface area contributed by atoms with Crippen molar-refractivity contribution in [1.82, 2.24) is 9.29 Å². The number of halogens is 1. The van der Waals surface area contributed by atoms with Crippen molar-refractivity contribution in [1.29, 1.82) is 0 Å². The lowest BCUT2D eigenvalue weighted by Crippen LogP contribution is -2.32. The van der Waals surface area contributed by atoms with Gasteiger partial charge in [-0.1, -0.05) is 24.4 Å². The Kier molecular flexibility index (Phi) is 6.01. The third kappa shape index (κ3) is 4.25. The second-order valence-electron chi connectivity index (χ2n) is 6.75. The van der Waals surface area contributed by atoms with Crippen LogP contribution in [-0.2, 0) is 15.8 Å². The maximum atomic E-state index is 12.8. The second-order valence-corrected chi connectivity index (χ2v) is 10.1. The summed E-state index contributed by atoms with van der Waals surface area (Å²) >= 11 is 7.72. The van der Waals surface area contributed by atoms with E-state index >= 15 is 0 Å². The van der Waals surface area contributed by atoms with Gasteiger partial charge in [-0.05, 0) is 42.7 Å². The Morgan fingerprint density at radius 3 is 2.61 bits per heavy atom. The van der Waals surface area contributed by atoms with Crippen molar-refractivity contribution < 1.29 is 17.9 Å². The van der Waals surface area contributed by atoms with Gasteiger partial charge in [0.25, 0.3) is 0 Å². The average Bonchev–Trinajstić information content (AvgIpc) is 2.99. The van der Waals surface area contributed by atoms with E-state index in [9.17, 15) is 8.42 Å². The first kappa shape index (κ1) is 19.8. The van der Waals surface area contributed by atoms with Crippen molar-refractivity contribution >= 4 is 33.4 Å². The van der Waals surface area contributed by atoms with E-state index in [1.165, 1.54) is 18.0 Å². The summed E-state index contributed by atoms with van der Waals surface area (Å²) in [6.45, 7) is 1.35. The van der Waals surface area contributed by atoms with E-state index in [2.05, 4.69) is 4.98 Å². The molecule has 0 aliphatic carbocycles. The molecule has 6 nitrogen and oxygen atoms in total. The zero-order chi connectivity index (χ0) is 19.6. The van der Waals surface area contributed by atoms with Gasteiger partial charge in [-0.15, -0.1) is 11.8 Å². The molecule has 0 atom stereocenters. The van der Waals surface area contributed by atoms with Crippen LogP contribution in [0.5, 0.6) is 11.5 Å². The minimum Gasteiger partial charge on any atom is -0.454 e. The molecule has 2 aliphatic heterocycles. The predicted molar refractivity (Wildman–Crippen MR) is 109 cm³/mol. The van der Waals surface area contributed by atoms with Crippen molar-refractivity contribution in [3.63, 3.8) is 0 Å². The number of thioether (sulfide) groups is 1. The molecule has 0 amide bonds. The molecular weight excluding hydrogens is 420 g/mol. The average molecular weight is 441 g/mol. The maximum Gasteiger partial charge on any atom is 0.244 e. The Morgan fingerprint density at radius 2 is 1.89 bits per heavy atom. The molecule has 0 spiro atoms. The van der Waals surface area contributed by atoms with Crippen molar-refractivity contribution in [2.24, 2.45) is 0 Å². The summed E-state index contributed by atoms with van der Waals surface area (Å²) in [5.41, 5.74) is 0.988. The molecule has 1 saturated heterocycles. The Bertz CT molecular complexity index is 943. The van der Waals surface area contributed by atoms with E-state index in [1.54, 1.807) is 16.4 Å². The number of hydrogen-bond acceptors (Lipinski definition) is 6. The van der Waals surface area contributed by atoms with Crippen LogP contribution in [-0.4, -0.2) is 37.6 Å². The number of sulfonamides is 1. The molecule has 0 saturated carbocycles. The summed E-state index contributed by atoms with van der Waals surface area (Å²) in [7, 11) is -3.47. The van der Waals surface area contributed by atoms with E-state index < -0.39 is 10.0 Å². The normalized spacial score (nSPS) is 17.5. The van der Waals surface area contributed by atoms with Gasteiger partial charge in [0.15, 0.2) is 11.5 Å². The molecular formula is C19H21ClN2O4S2. The van der Waals surface area contributed by atoms with Crippen molar-refractivity contribution in [2.45, 2.75) is 41.4 Å². The zero-order valence-corrected chi connectivity index (χ0v) is 17.7. The third-order valence-electron chi connectivity index (χ3n) is 4.79. The summed E-state index contributed by atoms with van der Waals surface area (Å²) in [6.07, 6.45) is 5.46. The fourth-order valence-corrected chi connectivity index (χ4v) is 5.82. The fourth-order valence-electron chi connectivity index (χ4n) is 3.30. The number of aromatic nitrogens is 1. The lowest BCUT2D eigenvalue weighted by Gasteiger charge is -2.19. The molecule has 4 rings (SSSR count). The van der Waals surface area contributed by atoms with Crippen molar-refractivity contribution in [2.75, 3.05) is 19.9 Å². The topological polar surface area (TPSA) is 68.7 Å². The standard InChI is InChI=1S/C19H21ClN2O4S2/c20-16-9-14(10-17-19(16)26-13-25-17)12-27-18-6-5-15(11-21-18)28(23,24)22-7-3-1-2-4-8-22/h5-6,9-11H,1-4,7-8,12-13H2. The second kappa shape index (κ2) is 8.49. The fraction of sp³-hybridized carbons (Fsp3) is 0.421. The van der Waals surface area contributed by atoms with Gasteiger partial charge in [0, 0.05) is 25.0 Å². The summed E-state index contributed by atoms with van der Waals surface area (Å²) in [5, 5.41) is 1.28. The van der Waals surface area contributed by atoms with Gasteiger partial charge in [-0.2, -0.15) is 4.31 Å². The first-order valence-electron chi connectivity index (χ1n) is 9.21. The van der Waals surface area contributed by atoms with Gasteiger partial charge >= 0.3 is 0 Å². The maximum absolute atomic E-state index is 12.8. The van der Waals surface area contributed by atoms with E-state index in [1.807, 2.05) is 12.1 Å². The van der Waals surface area contributed by atoms with Crippen LogP contribution in [0.25, 0.3) is 0 Å². The van der Waals surface area contributed by atoms with Crippen molar-refractivity contribution in [3.8, 4) is 11.5 Å². The molecule has 1 aromatic carbocycles. The van der Waals surface area contributed by atoms with E-state index in [4.69, 9.17) is 21.1 Å². The molecule has 1 fully saturated rings. The van der Waals surface area contributed by atoms with Gasteiger partial charge in [0.1, 0.15) is 4.90 Å². The van der Waals surface area contributed by atoms with Gasteiger partial charge in [0.05, 0.1) is 10.0 Å². The van der Waals surface area contributed by atoms with Crippen LogP contribution in [0, 0.1) is 0 Å². The van der Waals surface area contributed by atoms with Crippen LogP contribution in [0.3, 0.4) is 0 Å². The predicted octanol–water partition coefficient (Wildman–Crippen LogP) is 4.32. The van der Waals surface area contributed by atoms with E-state index in [0.29, 0.717) is 35.4 Å². The van der Waals surface area contributed by atoms with Crippen LogP contribution in [0.1, 0.15) is 31.2 Å². The Hall–Kier alpha value is -1.48. The highest BCUT2D eigenvalue weighted by atomic mass is 35.5. The molecule has 2 aliphatic rings. The summed E-state index contributed by atoms with van der Waals surface area (Å²) in [5.74, 6) is 1.87. The molecule has 28 heavy (non-hydrogen) atoms. The molecule has 0 N–H and O–H groups in total. The lowest BCUT2D eigenvalue weighted by molar-refractivity contribution is 0.174. The minimum atomic E-state index is -3.47. The Labute approximate surface area is 174 Å². The first-order chi connectivity index (χ1) is 13.5. The molecule has 9 heteroatoms. The highest BCUT2D eigenvalue weighted by molar-refractivity contribution is 7.98. The number of benzene rings is 1. The number of fused-ring (bicyclic) bond motifs is 1. The number of nitrogens with zero attached hydrogens (tertiary/aromatic N) is 2. The molecule has 3 heterocycles. The van der Waals surface area contributed by atoms with E-state index in [0.717, 1.165) is 36.3 Å². The number of pyridine rings is 1. The van der Waals surface area contributed by atoms with Gasteiger partial charge in [-0.25, -0.2) is 13.4 Å². The molecule has 2 aromatic rings. The highest BCUT2D eigenvalue weighted by Gasteiger charge is 2.25. The van der Waals surface area contributed by atoms with Crippen molar-refractivity contribution in [3.05, 3.63) is 41.0 Å². The van der Waals surface area contributed by atoms with Gasteiger partial charge in [-0.3, -0.25) is 0 Å². The van der Waals surface area contributed by atoms with Crippen LogP contribution in [0.4, 0.5) is 0 Å².